The van der Waals surface area contributed by atoms with Gasteiger partial charge in [-0.25, -0.2) is 12.7 Å². The van der Waals surface area contributed by atoms with Crippen LogP contribution in [-0.4, -0.2) is 39.3 Å². The zero-order valence-corrected chi connectivity index (χ0v) is 17.2. The van der Waals surface area contributed by atoms with Crippen LogP contribution in [0, 0.1) is 5.41 Å². The van der Waals surface area contributed by atoms with Crippen molar-refractivity contribution in [2.75, 3.05) is 20.6 Å². The number of nitrogens with zero attached hydrogens (tertiary/aromatic N) is 1. The lowest BCUT2D eigenvalue weighted by Gasteiger charge is -2.35. The van der Waals surface area contributed by atoms with Crippen LogP contribution >= 0.6 is 12.4 Å². The standard InChI is InChI=1S/C18H29N3O3S.ClH/c1-21(2)25(23,24)16-9-5-4-8-15(16)13-20-17(22)12-18(14-19)10-6-3-7-11-18;/h4-5,8-9H,3,6-7,10-14,19H2,1-2H3,(H,20,22);1H. The molecule has 1 fully saturated rings. The molecule has 1 aliphatic carbocycles. The quantitative estimate of drug-likeness (QED) is 0.730. The molecule has 0 atom stereocenters. The summed E-state index contributed by atoms with van der Waals surface area (Å²) in [6, 6.07) is 6.77. The molecule has 1 aromatic carbocycles. The molecule has 8 heteroatoms. The average Bonchev–Trinajstić information content (AvgIpc) is 2.61. The molecule has 0 radical (unpaired) electrons. The monoisotopic (exact) mass is 403 g/mol. The largest absolute Gasteiger partial charge is 0.352 e. The number of halogens is 1. The van der Waals surface area contributed by atoms with E-state index in [0.29, 0.717) is 18.5 Å². The summed E-state index contributed by atoms with van der Waals surface area (Å²) in [5, 5.41) is 2.88. The predicted octanol–water partition coefficient (Wildman–Crippen LogP) is 2.27. The Bertz CT molecular complexity index is 701. The second-order valence-electron chi connectivity index (χ2n) is 7.11. The lowest BCUT2D eigenvalue weighted by atomic mass is 9.71. The van der Waals surface area contributed by atoms with Crippen LogP contribution < -0.4 is 11.1 Å². The van der Waals surface area contributed by atoms with Crippen molar-refractivity contribution in [3.8, 4) is 0 Å². The number of hydrogen-bond donors (Lipinski definition) is 2. The van der Waals surface area contributed by atoms with E-state index in [2.05, 4.69) is 5.32 Å². The number of carbonyl (C=O) groups excluding carboxylic acids is 1. The third-order valence-corrected chi connectivity index (χ3v) is 7.01. The van der Waals surface area contributed by atoms with Crippen LogP contribution in [0.1, 0.15) is 44.1 Å². The highest BCUT2D eigenvalue weighted by Gasteiger charge is 2.33. The zero-order valence-electron chi connectivity index (χ0n) is 15.5. The SMILES string of the molecule is CN(C)S(=O)(=O)c1ccccc1CNC(=O)CC1(CN)CCCCC1.Cl. The Morgan fingerprint density at radius 2 is 1.81 bits per heavy atom. The van der Waals surface area contributed by atoms with Gasteiger partial charge in [-0.3, -0.25) is 4.79 Å². The van der Waals surface area contributed by atoms with Crippen molar-refractivity contribution < 1.29 is 13.2 Å². The summed E-state index contributed by atoms with van der Waals surface area (Å²) in [7, 11) is -0.540. The Hall–Kier alpha value is -1.15. The summed E-state index contributed by atoms with van der Waals surface area (Å²) in [6.07, 6.45) is 5.83. The third-order valence-electron chi connectivity index (χ3n) is 5.09. The van der Waals surface area contributed by atoms with Crippen LogP contribution in [0.25, 0.3) is 0 Å². The molecule has 1 aromatic rings. The van der Waals surface area contributed by atoms with E-state index in [4.69, 9.17) is 5.73 Å². The van der Waals surface area contributed by atoms with Gasteiger partial charge in [0, 0.05) is 27.1 Å². The minimum Gasteiger partial charge on any atom is -0.352 e. The normalized spacial score (nSPS) is 16.8. The molecule has 1 amide bonds. The second kappa shape index (κ2) is 9.69. The van der Waals surface area contributed by atoms with Gasteiger partial charge in [0.15, 0.2) is 0 Å². The van der Waals surface area contributed by atoms with Crippen LogP contribution in [0.5, 0.6) is 0 Å². The lowest BCUT2D eigenvalue weighted by Crippen LogP contribution is -2.38. The second-order valence-corrected chi connectivity index (χ2v) is 9.23. The van der Waals surface area contributed by atoms with Crippen molar-refractivity contribution in [2.45, 2.75) is 50.0 Å². The fraction of sp³-hybridized carbons (Fsp3) is 0.611. The Labute approximate surface area is 163 Å². The van der Waals surface area contributed by atoms with Gasteiger partial charge in [0.25, 0.3) is 0 Å². The van der Waals surface area contributed by atoms with Gasteiger partial charge in [0.05, 0.1) is 4.90 Å². The molecular weight excluding hydrogens is 374 g/mol. The molecule has 0 heterocycles. The molecule has 26 heavy (non-hydrogen) atoms. The fourth-order valence-electron chi connectivity index (χ4n) is 3.45. The minimum absolute atomic E-state index is 0. The van der Waals surface area contributed by atoms with Gasteiger partial charge in [-0.05, 0) is 36.4 Å². The summed E-state index contributed by atoms with van der Waals surface area (Å²) >= 11 is 0. The van der Waals surface area contributed by atoms with E-state index in [0.717, 1.165) is 25.7 Å². The number of benzene rings is 1. The first-order valence-corrected chi connectivity index (χ1v) is 10.2. The van der Waals surface area contributed by atoms with E-state index in [9.17, 15) is 13.2 Å². The first-order valence-electron chi connectivity index (χ1n) is 8.78. The van der Waals surface area contributed by atoms with Crippen molar-refractivity contribution in [1.82, 2.24) is 9.62 Å². The molecule has 0 bridgehead atoms. The van der Waals surface area contributed by atoms with Gasteiger partial charge in [0.1, 0.15) is 0 Å². The lowest BCUT2D eigenvalue weighted by molar-refractivity contribution is -0.124. The highest BCUT2D eigenvalue weighted by Crippen LogP contribution is 2.38. The van der Waals surface area contributed by atoms with Gasteiger partial charge in [-0.1, -0.05) is 37.5 Å². The molecule has 1 saturated carbocycles. The number of nitrogens with two attached hydrogens (primary N) is 1. The number of hydrogen-bond acceptors (Lipinski definition) is 4. The summed E-state index contributed by atoms with van der Waals surface area (Å²) in [4.78, 5) is 12.6. The summed E-state index contributed by atoms with van der Waals surface area (Å²) < 4.78 is 26.0. The first kappa shape index (κ1) is 22.9. The molecule has 6 nitrogen and oxygen atoms in total. The maximum Gasteiger partial charge on any atom is 0.242 e. The number of amides is 1. The molecule has 0 spiro atoms. The number of sulfonamides is 1. The predicted molar refractivity (Wildman–Crippen MR) is 106 cm³/mol. The molecule has 2 rings (SSSR count). The van der Waals surface area contributed by atoms with Crippen molar-refractivity contribution in [1.29, 1.82) is 0 Å². The van der Waals surface area contributed by atoms with Crippen LogP contribution in [0.2, 0.25) is 0 Å². The molecule has 0 saturated heterocycles. The van der Waals surface area contributed by atoms with E-state index < -0.39 is 10.0 Å². The van der Waals surface area contributed by atoms with E-state index in [1.165, 1.54) is 24.8 Å². The van der Waals surface area contributed by atoms with Crippen LogP contribution in [0.15, 0.2) is 29.2 Å². The van der Waals surface area contributed by atoms with Crippen molar-refractivity contribution in [2.24, 2.45) is 11.1 Å². The first-order chi connectivity index (χ1) is 11.8. The van der Waals surface area contributed by atoms with Crippen molar-refractivity contribution >= 4 is 28.3 Å². The van der Waals surface area contributed by atoms with Crippen molar-refractivity contribution in [3.05, 3.63) is 29.8 Å². The van der Waals surface area contributed by atoms with E-state index in [-0.39, 0.29) is 35.2 Å². The maximum absolute atomic E-state index is 12.4. The number of carbonyl (C=O) groups is 1. The van der Waals surface area contributed by atoms with E-state index in [1.807, 2.05) is 0 Å². The van der Waals surface area contributed by atoms with Crippen molar-refractivity contribution in [3.63, 3.8) is 0 Å². The van der Waals surface area contributed by atoms with Gasteiger partial charge >= 0.3 is 0 Å². The van der Waals surface area contributed by atoms with Crippen LogP contribution in [-0.2, 0) is 21.4 Å². The van der Waals surface area contributed by atoms with Gasteiger partial charge in [0.2, 0.25) is 15.9 Å². The van der Waals surface area contributed by atoms with E-state index in [1.54, 1.807) is 24.3 Å². The topological polar surface area (TPSA) is 92.5 Å². The maximum atomic E-state index is 12.4. The Morgan fingerprint density at radius 1 is 1.19 bits per heavy atom. The van der Waals surface area contributed by atoms with Gasteiger partial charge < -0.3 is 11.1 Å². The van der Waals surface area contributed by atoms with Gasteiger partial charge in [-0.2, -0.15) is 0 Å². The number of nitrogens with one attached hydrogen (secondary N) is 1. The highest BCUT2D eigenvalue weighted by atomic mass is 35.5. The van der Waals surface area contributed by atoms with Gasteiger partial charge in [-0.15, -0.1) is 12.4 Å². The Kier molecular flexibility index (Phi) is 8.53. The average molecular weight is 404 g/mol. The molecule has 148 valence electrons. The molecule has 0 aromatic heterocycles. The highest BCUT2D eigenvalue weighted by molar-refractivity contribution is 7.89. The minimum atomic E-state index is -3.54. The summed E-state index contributed by atoms with van der Waals surface area (Å²) in [6.45, 7) is 0.717. The van der Waals surface area contributed by atoms with E-state index >= 15 is 0 Å². The number of rotatable bonds is 7. The fourth-order valence-corrected chi connectivity index (χ4v) is 4.57. The summed E-state index contributed by atoms with van der Waals surface area (Å²) in [5.74, 6) is -0.0654. The smallest absolute Gasteiger partial charge is 0.242 e. The van der Waals surface area contributed by atoms with Crippen LogP contribution in [0.4, 0.5) is 0 Å². The molecular formula is C18H30ClN3O3S. The Morgan fingerprint density at radius 3 is 2.38 bits per heavy atom. The molecule has 3 N–H and O–H groups in total. The molecule has 1 aliphatic rings. The Balaban J connectivity index is 0.00000338. The third kappa shape index (κ3) is 5.42. The zero-order chi connectivity index (χ0) is 18.5. The van der Waals surface area contributed by atoms with Crippen LogP contribution in [0.3, 0.4) is 0 Å². The molecule has 0 aliphatic heterocycles. The summed E-state index contributed by atoms with van der Waals surface area (Å²) in [5.41, 5.74) is 6.44. The molecule has 0 unspecified atom stereocenters.